The topological polar surface area (TPSA) is 70.1 Å². The number of hydrogen-bond donors (Lipinski definition) is 1. The summed E-state index contributed by atoms with van der Waals surface area (Å²) in [5, 5.41) is 4.10. The van der Waals surface area contributed by atoms with E-state index in [0.29, 0.717) is 12.4 Å². The SMILES string of the molecule is COc1ccc(=O)n(CC(N)c2cc(C)cc(C)c2)n1. The molecule has 5 nitrogen and oxygen atoms in total. The van der Waals surface area contributed by atoms with Gasteiger partial charge >= 0.3 is 0 Å². The van der Waals surface area contributed by atoms with Gasteiger partial charge in [-0.15, -0.1) is 5.10 Å². The van der Waals surface area contributed by atoms with Crippen molar-refractivity contribution >= 4 is 0 Å². The van der Waals surface area contributed by atoms with Gasteiger partial charge in [-0.05, 0) is 19.4 Å². The van der Waals surface area contributed by atoms with Gasteiger partial charge in [-0.1, -0.05) is 29.3 Å². The van der Waals surface area contributed by atoms with Gasteiger partial charge in [0, 0.05) is 18.2 Å². The van der Waals surface area contributed by atoms with E-state index in [1.54, 1.807) is 6.07 Å². The molecule has 0 aliphatic rings. The summed E-state index contributed by atoms with van der Waals surface area (Å²) in [4.78, 5) is 11.8. The highest BCUT2D eigenvalue weighted by Crippen LogP contribution is 2.16. The van der Waals surface area contributed by atoms with E-state index < -0.39 is 0 Å². The Kier molecular flexibility index (Phi) is 4.20. The molecule has 1 heterocycles. The fourth-order valence-corrected chi connectivity index (χ4v) is 2.19. The highest BCUT2D eigenvalue weighted by atomic mass is 16.5. The molecule has 2 aromatic rings. The van der Waals surface area contributed by atoms with Crippen LogP contribution in [0.2, 0.25) is 0 Å². The van der Waals surface area contributed by atoms with E-state index in [2.05, 4.69) is 11.2 Å². The van der Waals surface area contributed by atoms with Crippen LogP contribution >= 0.6 is 0 Å². The summed E-state index contributed by atoms with van der Waals surface area (Å²) in [6, 6.07) is 8.84. The molecular weight excluding hydrogens is 254 g/mol. The lowest BCUT2D eigenvalue weighted by Gasteiger charge is -2.15. The Bertz CT molecular complexity index is 644. The second-order valence-electron chi connectivity index (χ2n) is 4.92. The minimum atomic E-state index is -0.286. The third-order valence-corrected chi connectivity index (χ3v) is 3.09. The van der Waals surface area contributed by atoms with Crippen LogP contribution in [0.25, 0.3) is 0 Å². The molecule has 0 saturated heterocycles. The van der Waals surface area contributed by atoms with Crippen LogP contribution in [0.5, 0.6) is 5.88 Å². The lowest BCUT2D eigenvalue weighted by atomic mass is 10.0. The summed E-state index contributed by atoms with van der Waals surface area (Å²) in [6.45, 7) is 4.37. The highest BCUT2D eigenvalue weighted by molar-refractivity contribution is 5.30. The number of benzene rings is 1. The van der Waals surface area contributed by atoms with E-state index >= 15 is 0 Å². The van der Waals surface area contributed by atoms with Crippen LogP contribution in [0.3, 0.4) is 0 Å². The molecule has 0 spiro atoms. The first-order valence-corrected chi connectivity index (χ1v) is 6.45. The van der Waals surface area contributed by atoms with Crippen molar-refractivity contribution in [2.24, 2.45) is 5.73 Å². The number of methoxy groups -OCH3 is 1. The van der Waals surface area contributed by atoms with E-state index in [4.69, 9.17) is 10.5 Å². The van der Waals surface area contributed by atoms with Gasteiger partial charge in [0.25, 0.3) is 5.56 Å². The average Bonchev–Trinajstić information content (AvgIpc) is 2.40. The highest BCUT2D eigenvalue weighted by Gasteiger charge is 2.10. The Morgan fingerprint density at radius 1 is 1.25 bits per heavy atom. The summed E-state index contributed by atoms with van der Waals surface area (Å²) in [5.74, 6) is 0.400. The first kappa shape index (κ1) is 14.3. The van der Waals surface area contributed by atoms with Crippen LogP contribution in [0.1, 0.15) is 22.7 Å². The first-order valence-electron chi connectivity index (χ1n) is 6.45. The van der Waals surface area contributed by atoms with Crippen LogP contribution in [0.4, 0.5) is 0 Å². The molecule has 20 heavy (non-hydrogen) atoms. The molecule has 1 aromatic heterocycles. The predicted molar refractivity (Wildman–Crippen MR) is 77.9 cm³/mol. The molecule has 1 atom stereocenters. The van der Waals surface area contributed by atoms with Crippen molar-refractivity contribution in [1.29, 1.82) is 0 Å². The normalized spacial score (nSPS) is 12.2. The van der Waals surface area contributed by atoms with Gasteiger partial charge in [0.1, 0.15) is 0 Å². The molecule has 106 valence electrons. The molecule has 0 aliphatic carbocycles. The second kappa shape index (κ2) is 5.88. The summed E-state index contributed by atoms with van der Waals surface area (Å²) in [5.41, 5.74) is 9.30. The van der Waals surface area contributed by atoms with E-state index in [-0.39, 0.29) is 11.6 Å². The Balaban J connectivity index is 2.27. The summed E-state index contributed by atoms with van der Waals surface area (Å²) in [6.07, 6.45) is 0. The number of aryl methyl sites for hydroxylation is 2. The minimum absolute atomic E-state index is 0.189. The molecule has 5 heteroatoms. The average molecular weight is 273 g/mol. The lowest BCUT2D eigenvalue weighted by molar-refractivity contribution is 0.370. The molecule has 0 aliphatic heterocycles. The molecule has 1 unspecified atom stereocenters. The minimum Gasteiger partial charge on any atom is -0.480 e. The van der Waals surface area contributed by atoms with Crippen molar-refractivity contribution < 1.29 is 4.74 Å². The van der Waals surface area contributed by atoms with Crippen molar-refractivity contribution in [3.63, 3.8) is 0 Å². The zero-order chi connectivity index (χ0) is 14.7. The van der Waals surface area contributed by atoms with Gasteiger partial charge in [0.05, 0.1) is 13.7 Å². The maximum Gasteiger partial charge on any atom is 0.267 e. The maximum atomic E-state index is 11.8. The van der Waals surface area contributed by atoms with E-state index in [0.717, 1.165) is 16.7 Å². The summed E-state index contributed by atoms with van der Waals surface area (Å²) < 4.78 is 6.36. The predicted octanol–water partition coefficient (Wildman–Crippen LogP) is 1.57. The number of ether oxygens (including phenoxy) is 1. The van der Waals surface area contributed by atoms with Gasteiger partial charge in [0.15, 0.2) is 0 Å². The summed E-state index contributed by atoms with van der Waals surface area (Å²) >= 11 is 0. The van der Waals surface area contributed by atoms with E-state index in [9.17, 15) is 4.79 Å². The summed E-state index contributed by atoms with van der Waals surface area (Å²) in [7, 11) is 1.51. The zero-order valence-corrected chi connectivity index (χ0v) is 12.0. The van der Waals surface area contributed by atoms with E-state index in [1.807, 2.05) is 26.0 Å². The molecule has 0 saturated carbocycles. The Morgan fingerprint density at radius 2 is 1.90 bits per heavy atom. The third kappa shape index (κ3) is 3.24. The van der Waals surface area contributed by atoms with Crippen LogP contribution in [-0.4, -0.2) is 16.9 Å². The number of nitrogens with zero attached hydrogens (tertiary/aromatic N) is 2. The number of aromatic nitrogens is 2. The molecule has 0 radical (unpaired) electrons. The van der Waals surface area contributed by atoms with Gasteiger partial charge in [0.2, 0.25) is 5.88 Å². The quantitative estimate of drug-likeness (QED) is 0.918. The Morgan fingerprint density at radius 3 is 2.50 bits per heavy atom. The van der Waals surface area contributed by atoms with E-state index in [1.165, 1.54) is 17.9 Å². The van der Waals surface area contributed by atoms with Gasteiger partial charge in [-0.25, -0.2) is 4.68 Å². The zero-order valence-electron chi connectivity index (χ0n) is 12.0. The number of hydrogen-bond acceptors (Lipinski definition) is 4. The third-order valence-electron chi connectivity index (χ3n) is 3.09. The number of rotatable bonds is 4. The molecular formula is C15H19N3O2. The fourth-order valence-electron chi connectivity index (χ4n) is 2.19. The second-order valence-corrected chi connectivity index (χ2v) is 4.92. The smallest absolute Gasteiger partial charge is 0.267 e. The molecule has 1 aromatic carbocycles. The van der Waals surface area contributed by atoms with Crippen LogP contribution in [-0.2, 0) is 6.54 Å². The van der Waals surface area contributed by atoms with Crippen molar-refractivity contribution in [3.05, 3.63) is 57.4 Å². The van der Waals surface area contributed by atoms with Crippen molar-refractivity contribution in [2.75, 3.05) is 7.11 Å². The monoisotopic (exact) mass is 273 g/mol. The molecule has 0 bridgehead atoms. The fraction of sp³-hybridized carbons (Fsp3) is 0.333. The van der Waals surface area contributed by atoms with Crippen LogP contribution in [0, 0.1) is 13.8 Å². The van der Waals surface area contributed by atoms with Crippen molar-refractivity contribution in [2.45, 2.75) is 26.4 Å². The largest absolute Gasteiger partial charge is 0.480 e. The van der Waals surface area contributed by atoms with Gasteiger partial charge < -0.3 is 10.5 Å². The lowest BCUT2D eigenvalue weighted by Crippen LogP contribution is -2.28. The first-order chi connectivity index (χ1) is 9.49. The van der Waals surface area contributed by atoms with Crippen molar-refractivity contribution in [1.82, 2.24) is 9.78 Å². The Hall–Kier alpha value is -2.14. The van der Waals surface area contributed by atoms with Crippen LogP contribution < -0.4 is 16.0 Å². The molecule has 0 amide bonds. The van der Waals surface area contributed by atoms with Crippen LogP contribution in [0.15, 0.2) is 35.1 Å². The number of nitrogens with two attached hydrogens (primary N) is 1. The Labute approximate surface area is 118 Å². The van der Waals surface area contributed by atoms with Crippen molar-refractivity contribution in [3.8, 4) is 5.88 Å². The molecule has 0 fully saturated rings. The van der Waals surface area contributed by atoms with Gasteiger partial charge in [-0.3, -0.25) is 4.79 Å². The standard InChI is InChI=1S/C15H19N3O2/c1-10-6-11(2)8-12(7-10)13(16)9-18-15(19)5-4-14(17-18)20-3/h4-8,13H,9,16H2,1-3H3. The molecule has 2 rings (SSSR count). The van der Waals surface area contributed by atoms with Gasteiger partial charge in [-0.2, -0.15) is 0 Å². The molecule has 2 N–H and O–H groups in total. The maximum absolute atomic E-state index is 11.8.